The van der Waals surface area contributed by atoms with Crippen LogP contribution in [0.25, 0.3) is 0 Å². The molecule has 8 heteroatoms. The van der Waals surface area contributed by atoms with E-state index in [1.165, 1.54) is 12.1 Å². The number of Topliss-reactive ketones (excluding diaryl/α,β-unsaturated/α-hetero) is 1. The van der Waals surface area contributed by atoms with Crippen LogP contribution in [0.2, 0.25) is 0 Å². The van der Waals surface area contributed by atoms with Gasteiger partial charge in [0.05, 0.1) is 28.2 Å². The number of benzene rings is 1. The third-order valence-electron chi connectivity index (χ3n) is 6.07. The number of allylic oxidation sites excluding steroid dienone is 3. The lowest BCUT2D eigenvalue weighted by Gasteiger charge is -2.43. The summed E-state index contributed by atoms with van der Waals surface area (Å²) in [6.07, 6.45) is 0.934. The van der Waals surface area contributed by atoms with Gasteiger partial charge in [-0.2, -0.15) is 5.26 Å². The van der Waals surface area contributed by atoms with Gasteiger partial charge in [-0.1, -0.05) is 19.9 Å². The minimum absolute atomic E-state index is 0.0133. The molecule has 32 heavy (non-hydrogen) atoms. The summed E-state index contributed by atoms with van der Waals surface area (Å²) >= 11 is 1.54. The summed E-state index contributed by atoms with van der Waals surface area (Å²) < 4.78 is 0. The number of thiophene rings is 1. The number of nitrogens with two attached hydrogens (primary N) is 1. The topological polar surface area (TPSA) is 113 Å². The first-order valence-electron chi connectivity index (χ1n) is 10.3. The maximum Gasteiger partial charge on any atom is 0.271 e. The molecule has 0 radical (unpaired) electrons. The predicted molar refractivity (Wildman–Crippen MR) is 124 cm³/mol. The van der Waals surface area contributed by atoms with Crippen LogP contribution in [0.5, 0.6) is 0 Å². The van der Waals surface area contributed by atoms with E-state index in [1.54, 1.807) is 22.3 Å². The molecule has 1 aromatic carbocycles. The van der Waals surface area contributed by atoms with Crippen molar-refractivity contribution in [3.8, 4) is 6.07 Å². The van der Waals surface area contributed by atoms with E-state index in [1.807, 2.05) is 39.8 Å². The number of nitro groups is 1. The summed E-state index contributed by atoms with van der Waals surface area (Å²) in [7, 11) is 0. The van der Waals surface area contributed by atoms with E-state index in [4.69, 9.17) is 5.73 Å². The van der Waals surface area contributed by atoms with Crippen molar-refractivity contribution >= 4 is 28.5 Å². The first kappa shape index (κ1) is 21.8. The van der Waals surface area contributed by atoms with Crippen molar-refractivity contribution in [1.29, 1.82) is 5.26 Å². The number of rotatable bonds is 3. The maximum atomic E-state index is 13.5. The third kappa shape index (κ3) is 3.49. The van der Waals surface area contributed by atoms with Crippen molar-refractivity contribution in [3.05, 3.63) is 78.4 Å². The highest BCUT2D eigenvalue weighted by molar-refractivity contribution is 7.12. The number of nitrogens with zero attached hydrogens (tertiary/aromatic N) is 3. The summed E-state index contributed by atoms with van der Waals surface area (Å²) in [5.41, 5.74) is 9.11. The molecule has 1 aromatic heterocycles. The minimum Gasteiger partial charge on any atom is -0.384 e. The van der Waals surface area contributed by atoms with Crippen LogP contribution in [0.4, 0.5) is 11.4 Å². The zero-order valence-corrected chi connectivity index (χ0v) is 19.2. The fourth-order valence-corrected chi connectivity index (χ4v) is 5.63. The Bertz CT molecular complexity index is 1260. The van der Waals surface area contributed by atoms with Gasteiger partial charge in [0, 0.05) is 39.6 Å². The maximum absolute atomic E-state index is 13.5. The molecule has 0 saturated carbocycles. The molecule has 7 nitrogen and oxygen atoms in total. The Morgan fingerprint density at radius 1 is 1.25 bits per heavy atom. The first-order chi connectivity index (χ1) is 15.0. The van der Waals surface area contributed by atoms with Gasteiger partial charge < -0.3 is 5.73 Å². The molecular formula is C24H24N4O3S. The Balaban J connectivity index is 2.03. The molecule has 2 heterocycles. The average molecular weight is 449 g/mol. The summed E-state index contributed by atoms with van der Waals surface area (Å²) in [5, 5.41) is 21.6. The molecule has 2 N–H and O–H groups in total. The number of carbonyl (C=O) groups is 1. The van der Waals surface area contributed by atoms with Crippen molar-refractivity contribution < 1.29 is 9.72 Å². The third-order valence-corrected chi connectivity index (χ3v) is 7.14. The van der Waals surface area contributed by atoms with E-state index >= 15 is 0 Å². The van der Waals surface area contributed by atoms with Crippen LogP contribution < -0.4 is 10.6 Å². The molecule has 0 spiro atoms. The molecule has 0 bridgehead atoms. The molecule has 0 amide bonds. The minimum atomic E-state index is -0.521. The predicted octanol–water partition coefficient (Wildman–Crippen LogP) is 5.21. The zero-order valence-electron chi connectivity index (χ0n) is 18.4. The van der Waals surface area contributed by atoms with E-state index < -0.39 is 10.8 Å². The Kier molecular flexibility index (Phi) is 5.18. The second-order valence-electron chi connectivity index (χ2n) is 9.16. The lowest BCUT2D eigenvalue weighted by Crippen LogP contribution is -2.42. The molecule has 164 valence electrons. The molecule has 2 aliphatic rings. The van der Waals surface area contributed by atoms with Gasteiger partial charge in [0.1, 0.15) is 5.82 Å². The molecule has 1 unspecified atom stereocenters. The number of nitriles is 1. The van der Waals surface area contributed by atoms with Crippen molar-refractivity contribution in [3.63, 3.8) is 0 Å². The van der Waals surface area contributed by atoms with Crippen LogP contribution in [0, 0.1) is 40.7 Å². The van der Waals surface area contributed by atoms with Gasteiger partial charge in [0.15, 0.2) is 5.78 Å². The highest BCUT2D eigenvalue weighted by Gasteiger charge is 2.45. The number of aryl methyl sites for hydroxylation is 2. The monoisotopic (exact) mass is 448 g/mol. The molecular weight excluding hydrogens is 424 g/mol. The second-order valence-corrected chi connectivity index (χ2v) is 10.5. The highest BCUT2D eigenvalue weighted by atomic mass is 32.1. The summed E-state index contributed by atoms with van der Waals surface area (Å²) in [6, 6.07) is 10.7. The average Bonchev–Trinajstić information content (AvgIpc) is 3.13. The van der Waals surface area contributed by atoms with E-state index in [9.17, 15) is 20.2 Å². The van der Waals surface area contributed by atoms with Crippen molar-refractivity contribution in [1.82, 2.24) is 0 Å². The van der Waals surface area contributed by atoms with Gasteiger partial charge in [-0.25, -0.2) is 0 Å². The number of non-ortho nitro benzene ring substituents is 1. The molecule has 2 aromatic rings. The summed E-state index contributed by atoms with van der Waals surface area (Å²) in [6.45, 7) is 7.87. The molecule has 1 aliphatic heterocycles. The number of anilines is 1. The fourth-order valence-electron chi connectivity index (χ4n) is 4.63. The summed E-state index contributed by atoms with van der Waals surface area (Å²) in [4.78, 5) is 28.2. The standard InChI is InChI=1S/C24H24N4O3S/c1-13-5-7-15(28(30)31)9-17(13)27-18-10-24(3,4)11-19(29)22(18)21(16(12-25)23(27)26)20-8-6-14(2)32-20/h5-9,21H,10-11,26H2,1-4H3. The van der Waals surface area contributed by atoms with Crippen molar-refractivity contribution in [2.75, 3.05) is 4.90 Å². The van der Waals surface area contributed by atoms with Crippen LogP contribution >= 0.6 is 11.3 Å². The quantitative estimate of drug-likeness (QED) is 0.509. The Hall–Kier alpha value is -3.44. The Morgan fingerprint density at radius 3 is 2.56 bits per heavy atom. The smallest absolute Gasteiger partial charge is 0.271 e. The number of carbonyl (C=O) groups excluding carboxylic acids is 1. The number of hydrogen-bond acceptors (Lipinski definition) is 7. The Morgan fingerprint density at radius 2 is 1.97 bits per heavy atom. The first-order valence-corrected chi connectivity index (χ1v) is 11.1. The van der Waals surface area contributed by atoms with Crippen molar-refractivity contribution in [2.45, 2.75) is 46.5 Å². The van der Waals surface area contributed by atoms with Gasteiger partial charge in [-0.15, -0.1) is 11.3 Å². The van der Waals surface area contributed by atoms with Gasteiger partial charge in [-0.05, 0) is 43.4 Å². The Labute approximate surface area is 190 Å². The highest BCUT2D eigenvalue weighted by Crippen LogP contribution is 2.51. The lowest BCUT2D eigenvalue weighted by atomic mass is 9.69. The van der Waals surface area contributed by atoms with Crippen LogP contribution in [-0.2, 0) is 4.79 Å². The largest absolute Gasteiger partial charge is 0.384 e. The van der Waals surface area contributed by atoms with Gasteiger partial charge >= 0.3 is 0 Å². The van der Waals surface area contributed by atoms with E-state index in [-0.39, 0.29) is 22.7 Å². The van der Waals surface area contributed by atoms with E-state index in [0.717, 1.165) is 21.0 Å². The molecule has 1 aliphatic carbocycles. The SMILES string of the molecule is Cc1ccc(C2C(C#N)=C(N)N(c3cc([N+](=O)[O-])ccc3C)C3=C2C(=O)CC(C)(C)C3)s1. The molecule has 4 rings (SSSR count). The van der Waals surface area contributed by atoms with Crippen LogP contribution in [0.15, 0.2) is 53.0 Å². The molecule has 1 atom stereocenters. The van der Waals surface area contributed by atoms with E-state index in [2.05, 4.69) is 6.07 Å². The van der Waals surface area contributed by atoms with Crippen molar-refractivity contribution in [2.24, 2.45) is 11.1 Å². The fraction of sp³-hybridized carbons (Fsp3) is 0.333. The van der Waals surface area contributed by atoms with E-state index in [0.29, 0.717) is 29.7 Å². The molecule has 0 saturated heterocycles. The number of nitro benzene ring substituents is 1. The lowest BCUT2D eigenvalue weighted by molar-refractivity contribution is -0.384. The normalized spacial score (nSPS) is 20.3. The van der Waals surface area contributed by atoms with Gasteiger partial charge in [0.25, 0.3) is 5.69 Å². The van der Waals surface area contributed by atoms with Gasteiger partial charge in [-0.3, -0.25) is 19.8 Å². The van der Waals surface area contributed by atoms with Crippen LogP contribution in [-0.4, -0.2) is 10.7 Å². The number of hydrogen-bond donors (Lipinski definition) is 1. The second kappa shape index (κ2) is 7.61. The van der Waals surface area contributed by atoms with Crippen LogP contribution in [0.1, 0.15) is 47.9 Å². The summed E-state index contributed by atoms with van der Waals surface area (Å²) in [5.74, 6) is -0.315. The zero-order chi connectivity index (χ0) is 23.4. The van der Waals surface area contributed by atoms with Gasteiger partial charge in [0.2, 0.25) is 0 Å². The number of ketones is 1. The molecule has 0 fully saturated rings. The van der Waals surface area contributed by atoms with Crippen LogP contribution in [0.3, 0.4) is 0 Å².